The topological polar surface area (TPSA) is 30.3 Å². The molecule has 1 heterocycles. The molecule has 1 atom stereocenters. The maximum atomic E-state index is 9.69. The van der Waals surface area contributed by atoms with Crippen molar-refractivity contribution in [2.75, 3.05) is 33.2 Å². The van der Waals surface area contributed by atoms with Gasteiger partial charge in [-0.05, 0) is 31.7 Å². The Balaban J connectivity index is 2.12. The number of nitriles is 1. The van der Waals surface area contributed by atoms with Crippen molar-refractivity contribution in [3.05, 3.63) is 0 Å². The number of hydrogen-bond acceptors (Lipinski definition) is 3. The molecule has 0 radical (unpaired) electrons. The first kappa shape index (κ1) is 12.9. The molecular weight excluding hydrogens is 210 g/mol. The van der Waals surface area contributed by atoms with E-state index in [4.69, 9.17) is 0 Å². The normalized spacial score (nSPS) is 35.4. The number of likely N-dealkylation sites (N-methyl/N-ethyl adjacent to an activating group) is 1. The van der Waals surface area contributed by atoms with E-state index in [0.29, 0.717) is 5.41 Å². The number of piperazine rings is 1. The first-order valence-corrected chi connectivity index (χ1v) is 6.82. The second kappa shape index (κ2) is 4.59. The molecule has 1 unspecified atom stereocenters. The van der Waals surface area contributed by atoms with E-state index in [-0.39, 0.29) is 5.54 Å². The number of rotatable bonds is 1. The van der Waals surface area contributed by atoms with Gasteiger partial charge in [0.25, 0.3) is 0 Å². The molecule has 0 aromatic carbocycles. The summed E-state index contributed by atoms with van der Waals surface area (Å²) in [4.78, 5) is 4.81. The van der Waals surface area contributed by atoms with Gasteiger partial charge in [0, 0.05) is 26.2 Å². The Morgan fingerprint density at radius 3 is 2.24 bits per heavy atom. The van der Waals surface area contributed by atoms with Gasteiger partial charge in [-0.3, -0.25) is 4.90 Å². The molecule has 0 N–H and O–H groups in total. The van der Waals surface area contributed by atoms with Crippen LogP contribution in [0.1, 0.15) is 39.5 Å². The van der Waals surface area contributed by atoms with E-state index in [1.807, 2.05) is 0 Å². The third-order valence-corrected chi connectivity index (χ3v) is 4.53. The highest BCUT2D eigenvalue weighted by Gasteiger charge is 2.44. The Bertz CT molecular complexity index is 310. The van der Waals surface area contributed by atoms with E-state index in [1.54, 1.807) is 0 Å². The summed E-state index contributed by atoms with van der Waals surface area (Å²) in [6.07, 6.45) is 4.58. The lowest BCUT2D eigenvalue weighted by molar-refractivity contribution is 0.0145. The first-order chi connectivity index (χ1) is 7.97. The molecule has 1 aliphatic carbocycles. The minimum absolute atomic E-state index is 0.178. The van der Waals surface area contributed by atoms with E-state index in [2.05, 4.69) is 36.8 Å². The standard InChI is InChI=1S/C14H25N3/c1-13(2)5-4-6-14(11-13,12-15)17-9-7-16(3)8-10-17/h4-11H2,1-3H3. The molecule has 0 spiro atoms. The van der Waals surface area contributed by atoms with E-state index in [1.165, 1.54) is 12.8 Å². The SMILES string of the molecule is CN1CCN(C2(C#N)CCCC(C)(C)C2)CC1. The van der Waals surface area contributed by atoms with Crippen LogP contribution in [0.2, 0.25) is 0 Å². The molecule has 3 nitrogen and oxygen atoms in total. The van der Waals surface area contributed by atoms with Gasteiger partial charge >= 0.3 is 0 Å². The van der Waals surface area contributed by atoms with Gasteiger partial charge in [0.05, 0.1) is 6.07 Å². The van der Waals surface area contributed by atoms with Crippen LogP contribution in [0.15, 0.2) is 0 Å². The molecule has 96 valence electrons. The molecule has 17 heavy (non-hydrogen) atoms. The molecule has 2 rings (SSSR count). The lowest BCUT2D eigenvalue weighted by atomic mass is 9.68. The zero-order chi connectivity index (χ0) is 12.5. The summed E-state index contributed by atoms with van der Waals surface area (Å²) in [7, 11) is 2.17. The monoisotopic (exact) mass is 235 g/mol. The zero-order valence-corrected chi connectivity index (χ0v) is 11.5. The predicted molar refractivity (Wildman–Crippen MR) is 69.7 cm³/mol. The van der Waals surface area contributed by atoms with Gasteiger partial charge in [0.2, 0.25) is 0 Å². The van der Waals surface area contributed by atoms with Crippen LogP contribution in [0, 0.1) is 16.7 Å². The fraction of sp³-hybridized carbons (Fsp3) is 0.929. The molecule has 2 fully saturated rings. The maximum absolute atomic E-state index is 9.69. The van der Waals surface area contributed by atoms with Crippen LogP contribution in [0.3, 0.4) is 0 Å². The summed E-state index contributed by atoms with van der Waals surface area (Å²) >= 11 is 0. The molecule has 1 aliphatic heterocycles. The predicted octanol–water partition coefficient (Wildman–Crippen LogP) is 2.10. The van der Waals surface area contributed by atoms with Crippen LogP contribution >= 0.6 is 0 Å². The van der Waals surface area contributed by atoms with Crippen LogP contribution < -0.4 is 0 Å². The van der Waals surface area contributed by atoms with Gasteiger partial charge < -0.3 is 4.90 Å². The summed E-state index contributed by atoms with van der Waals surface area (Å²) in [5.41, 5.74) is 0.153. The Morgan fingerprint density at radius 1 is 1.06 bits per heavy atom. The highest BCUT2D eigenvalue weighted by Crippen LogP contribution is 2.43. The van der Waals surface area contributed by atoms with Crippen molar-refractivity contribution in [3.8, 4) is 6.07 Å². The fourth-order valence-corrected chi connectivity index (χ4v) is 3.50. The van der Waals surface area contributed by atoms with Crippen molar-refractivity contribution in [2.24, 2.45) is 5.41 Å². The van der Waals surface area contributed by atoms with Crippen molar-refractivity contribution >= 4 is 0 Å². The Labute approximate surface area is 105 Å². The van der Waals surface area contributed by atoms with Gasteiger partial charge in [-0.2, -0.15) is 5.26 Å². The Hall–Kier alpha value is -0.590. The van der Waals surface area contributed by atoms with Gasteiger partial charge in [0.15, 0.2) is 0 Å². The highest BCUT2D eigenvalue weighted by atomic mass is 15.3. The lowest BCUT2D eigenvalue weighted by Gasteiger charge is -2.49. The van der Waals surface area contributed by atoms with Crippen molar-refractivity contribution in [1.29, 1.82) is 5.26 Å². The molecule has 0 aromatic rings. The summed E-state index contributed by atoms with van der Waals surface area (Å²) < 4.78 is 0. The first-order valence-electron chi connectivity index (χ1n) is 6.82. The third-order valence-electron chi connectivity index (χ3n) is 4.53. The van der Waals surface area contributed by atoms with Crippen LogP contribution in [0.25, 0.3) is 0 Å². The molecule has 1 saturated carbocycles. The minimum atomic E-state index is -0.178. The van der Waals surface area contributed by atoms with E-state index in [0.717, 1.165) is 39.0 Å². The number of nitrogens with zero attached hydrogens (tertiary/aromatic N) is 3. The van der Waals surface area contributed by atoms with Crippen LogP contribution in [-0.2, 0) is 0 Å². The molecule has 0 aromatic heterocycles. The summed E-state index contributed by atoms with van der Waals surface area (Å²) in [5.74, 6) is 0. The van der Waals surface area contributed by atoms with Gasteiger partial charge in [-0.15, -0.1) is 0 Å². The second-order valence-corrected chi connectivity index (χ2v) is 6.63. The molecule has 0 amide bonds. The summed E-state index contributed by atoms with van der Waals surface area (Å²) in [5, 5.41) is 9.69. The van der Waals surface area contributed by atoms with Gasteiger partial charge in [0.1, 0.15) is 5.54 Å². The second-order valence-electron chi connectivity index (χ2n) is 6.63. The average molecular weight is 235 g/mol. The summed E-state index contributed by atoms with van der Waals surface area (Å²) in [6.45, 7) is 8.94. The van der Waals surface area contributed by atoms with E-state index in [9.17, 15) is 5.26 Å². The number of hydrogen-bond donors (Lipinski definition) is 0. The molecule has 3 heteroatoms. The zero-order valence-electron chi connectivity index (χ0n) is 11.5. The lowest BCUT2D eigenvalue weighted by Crippen LogP contribution is -2.58. The largest absolute Gasteiger partial charge is 0.304 e. The van der Waals surface area contributed by atoms with Crippen LogP contribution in [0.5, 0.6) is 0 Å². The smallest absolute Gasteiger partial charge is 0.109 e. The van der Waals surface area contributed by atoms with Crippen molar-refractivity contribution < 1.29 is 0 Å². The van der Waals surface area contributed by atoms with Crippen LogP contribution in [-0.4, -0.2) is 48.6 Å². The minimum Gasteiger partial charge on any atom is -0.304 e. The maximum Gasteiger partial charge on any atom is 0.109 e. The Kier molecular flexibility index (Phi) is 3.47. The fourth-order valence-electron chi connectivity index (χ4n) is 3.50. The van der Waals surface area contributed by atoms with E-state index >= 15 is 0 Å². The van der Waals surface area contributed by atoms with Crippen molar-refractivity contribution in [2.45, 2.75) is 45.1 Å². The van der Waals surface area contributed by atoms with Gasteiger partial charge in [-0.1, -0.05) is 20.3 Å². The quantitative estimate of drug-likeness (QED) is 0.697. The van der Waals surface area contributed by atoms with Crippen molar-refractivity contribution in [3.63, 3.8) is 0 Å². The summed E-state index contributed by atoms with van der Waals surface area (Å²) in [6, 6.07) is 2.66. The molecule has 2 aliphatic rings. The third kappa shape index (κ3) is 2.64. The van der Waals surface area contributed by atoms with Crippen LogP contribution in [0.4, 0.5) is 0 Å². The highest BCUT2D eigenvalue weighted by molar-refractivity contribution is 5.13. The Morgan fingerprint density at radius 2 is 1.71 bits per heavy atom. The molecule has 1 saturated heterocycles. The van der Waals surface area contributed by atoms with E-state index < -0.39 is 0 Å². The van der Waals surface area contributed by atoms with Gasteiger partial charge in [-0.25, -0.2) is 0 Å². The molecule has 0 bridgehead atoms. The molecular formula is C14H25N3. The average Bonchev–Trinajstić information content (AvgIpc) is 2.28. The van der Waals surface area contributed by atoms with Crippen molar-refractivity contribution in [1.82, 2.24) is 9.80 Å².